The molecule has 15 rings (SSSR count). The van der Waals surface area contributed by atoms with Crippen LogP contribution in [0.25, 0.3) is 131 Å². The number of fused-ring (bicyclic) bond motifs is 12. The zero-order chi connectivity index (χ0) is 45.2. The van der Waals surface area contributed by atoms with E-state index in [1.54, 1.807) is 11.3 Å². The van der Waals surface area contributed by atoms with Crippen molar-refractivity contribution >= 4 is 98.6 Å². The molecular weight excluding hydrogens is 863 g/mol. The molecule has 0 saturated carbocycles. The maximum atomic E-state index is 6.29. The average molecular weight is 900 g/mol. The van der Waals surface area contributed by atoms with E-state index >= 15 is 0 Å². The SMILES string of the molecule is c1ccc(-c2nnc(-c3c(-n4c5ccccc5c5ccccc54)c(-n4c5ccccc5c5ccccc54)nc(-n4c5ccccc5c5ccccc54)c3-n3c4ccccc4c4ccccc43)s2)cc1. The summed E-state index contributed by atoms with van der Waals surface area (Å²) in [7, 11) is 0. The van der Waals surface area contributed by atoms with Crippen LogP contribution < -0.4 is 0 Å². The van der Waals surface area contributed by atoms with Crippen LogP contribution in [0.3, 0.4) is 0 Å². The van der Waals surface area contributed by atoms with Gasteiger partial charge in [0.05, 0.1) is 49.7 Å². The van der Waals surface area contributed by atoms with E-state index in [1.807, 2.05) is 6.07 Å². The van der Waals surface area contributed by atoms with Crippen LogP contribution in [0, 0.1) is 0 Å². The molecule has 6 aromatic heterocycles. The summed E-state index contributed by atoms with van der Waals surface area (Å²) in [6.07, 6.45) is 0. The molecule has 0 aliphatic heterocycles. The molecule has 15 aromatic rings. The molecule has 322 valence electrons. The first-order valence-electron chi connectivity index (χ1n) is 23.2. The molecule has 0 aliphatic carbocycles. The molecule has 0 amide bonds. The Kier molecular flexibility index (Phi) is 8.10. The van der Waals surface area contributed by atoms with Crippen LogP contribution in [0.4, 0.5) is 0 Å². The Labute approximate surface area is 398 Å². The highest BCUT2D eigenvalue weighted by Gasteiger charge is 2.33. The third-order valence-electron chi connectivity index (χ3n) is 14.0. The van der Waals surface area contributed by atoms with Crippen molar-refractivity contribution < 1.29 is 0 Å². The molecule has 6 heterocycles. The molecule has 0 radical (unpaired) electrons. The summed E-state index contributed by atoms with van der Waals surface area (Å²) < 4.78 is 9.67. The van der Waals surface area contributed by atoms with Gasteiger partial charge in [-0.05, 0) is 48.5 Å². The molecule has 69 heavy (non-hydrogen) atoms. The maximum Gasteiger partial charge on any atom is 0.165 e. The van der Waals surface area contributed by atoms with Gasteiger partial charge in [-0.1, -0.05) is 187 Å². The summed E-state index contributed by atoms with van der Waals surface area (Å²) in [5.41, 5.74) is 12.2. The Morgan fingerprint density at radius 3 is 0.841 bits per heavy atom. The Bertz CT molecular complexity index is 4100. The lowest BCUT2D eigenvalue weighted by atomic mass is 10.1. The zero-order valence-corrected chi connectivity index (χ0v) is 37.7. The van der Waals surface area contributed by atoms with E-state index in [0.29, 0.717) is 0 Å². The van der Waals surface area contributed by atoms with Crippen molar-refractivity contribution in [1.82, 2.24) is 33.4 Å². The van der Waals surface area contributed by atoms with Crippen molar-refractivity contribution in [3.05, 3.63) is 224 Å². The minimum absolute atomic E-state index is 0.770. The van der Waals surface area contributed by atoms with Gasteiger partial charge in [0.2, 0.25) is 0 Å². The lowest BCUT2D eigenvalue weighted by Gasteiger charge is -2.25. The molecule has 9 aromatic carbocycles. The predicted molar refractivity (Wildman–Crippen MR) is 286 cm³/mol. The van der Waals surface area contributed by atoms with Crippen LogP contribution in [-0.4, -0.2) is 33.4 Å². The monoisotopic (exact) mass is 899 g/mol. The van der Waals surface area contributed by atoms with Crippen molar-refractivity contribution in [2.75, 3.05) is 0 Å². The molecule has 0 unspecified atom stereocenters. The van der Waals surface area contributed by atoms with Crippen LogP contribution in [0.5, 0.6) is 0 Å². The smallest absolute Gasteiger partial charge is 0.165 e. The van der Waals surface area contributed by atoms with Gasteiger partial charge in [-0.15, -0.1) is 10.2 Å². The summed E-state index contributed by atoms with van der Waals surface area (Å²) in [4.78, 5) is 6.29. The van der Waals surface area contributed by atoms with Gasteiger partial charge in [-0.25, -0.2) is 4.98 Å². The molecule has 7 nitrogen and oxygen atoms in total. The van der Waals surface area contributed by atoms with Crippen LogP contribution in [0.2, 0.25) is 0 Å². The van der Waals surface area contributed by atoms with Gasteiger partial charge in [0.1, 0.15) is 16.4 Å². The fourth-order valence-corrected chi connectivity index (χ4v) is 12.0. The number of pyridine rings is 1. The zero-order valence-electron chi connectivity index (χ0n) is 36.9. The Morgan fingerprint density at radius 1 is 0.261 bits per heavy atom. The quantitative estimate of drug-likeness (QED) is 0.167. The first-order chi connectivity index (χ1) is 34.3. The van der Waals surface area contributed by atoms with Gasteiger partial charge < -0.3 is 9.13 Å². The van der Waals surface area contributed by atoms with Crippen molar-refractivity contribution in [1.29, 1.82) is 0 Å². The highest BCUT2D eigenvalue weighted by molar-refractivity contribution is 7.18. The molecule has 0 fully saturated rings. The molecule has 0 N–H and O–H groups in total. The fourth-order valence-electron chi connectivity index (χ4n) is 11.1. The van der Waals surface area contributed by atoms with Crippen molar-refractivity contribution in [2.24, 2.45) is 0 Å². The minimum Gasteiger partial charge on any atom is -0.305 e. The number of rotatable bonds is 6. The number of hydrogen-bond acceptors (Lipinski definition) is 4. The Balaban J connectivity index is 1.27. The number of hydrogen-bond donors (Lipinski definition) is 0. The van der Waals surface area contributed by atoms with Crippen molar-refractivity contribution in [3.63, 3.8) is 0 Å². The summed E-state index contributed by atoms with van der Waals surface area (Å²) >= 11 is 1.61. The third kappa shape index (κ3) is 5.40. The van der Waals surface area contributed by atoms with Crippen LogP contribution in [-0.2, 0) is 0 Å². The van der Waals surface area contributed by atoms with Gasteiger partial charge >= 0.3 is 0 Å². The highest BCUT2D eigenvalue weighted by Crippen LogP contribution is 2.49. The summed E-state index contributed by atoms with van der Waals surface area (Å²) in [6, 6.07) is 80.3. The summed E-state index contributed by atoms with van der Waals surface area (Å²) in [6.45, 7) is 0. The molecule has 0 aliphatic rings. The van der Waals surface area contributed by atoms with E-state index in [0.717, 1.165) is 131 Å². The lowest BCUT2D eigenvalue weighted by molar-refractivity contribution is 0.958. The summed E-state index contributed by atoms with van der Waals surface area (Å²) in [5.74, 6) is 1.54. The van der Waals surface area contributed by atoms with Crippen molar-refractivity contribution in [2.45, 2.75) is 0 Å². The van der Waals surface area contributed by atoms with E-state index in [-0.39, 0.29) is 0 Å². The summed E-state index contributed by atoms with van der Waals surface area (Å²) in [5, 5.41) is 21.2. The standard InChI is InChI=1S/C61H37N7S/c1-2-20-38(21-3-1)60-63-64-61(69-60)55-56(65-47-30-12-4-22-39(47)40-23-5-13-31-48(40)65)58(67-51-34-16-8-26-43(51)44-27-9-17-35-52(44)67)62-59(68-53-36-18-10-28-45(53)46-29-11-19-37-54(46)68)57(55)66-49-32-14-6-24-41(49)42-25-7-15-33-50(42)66/h1-37H. The maximum absolute atomic E-state index is 6.29. The van der Waals surface area contributed by atoms with Gasteiger partial charge in [-0.2, -0.15) is 0 Å². The molecule has 0 spiro atoms. The second-order valence-corrected chi connectivity index (χ2v) is 18.6. The number of benzene rings is 9. The second kappa shape index (κ2) is 14.7. The van der Waals surface area contributed by atoms with Crippen molar-refractivity contribution in [3.8, 4) is 44.2 Å². The lowest BCUT2D eigenvalue weighted by Crippen LogP contribution is -2.16. The van der Waals surface area contributed by atoms with E-state index in [4.69, 9.17) is 15.2 Å². The Morgan fingerprint density at radius 2 is 0.522 bits per heavy atom. The first-order valence-corrected chi connectivity index (χ1v) is 24.0. The normalized spacial score (nSPS) is 12.1. The van der Waals surface area contributed by atoms with E-state index < -0.39 is 0 Å². The number of nitrogens with zero attached hydrogens (tertiary/aromatic N) is 7. The number of para-hydroxylation sites is 8. The third-order valence-corrected chi connectivity index (χ3v) is 14.9. The van der Waals surface area contributed by atoms with E-state index in [2.05, 4.69) is 237 Å². The van der Waals surface area contributed by atoms with E-state index in [1.165, 1.54) is 0 Å². The molecule has 0 atom stereocenters. The minimum atomic E-state index is 0.770. The van der Waals surface area contributed by atoms with Crippen LogP contribution in [0.1, 0.15) is 0 Å². The topological polar surface area (TPSA) is 58.4 Å². The van der Waals surface area contributed by atoms with Gasteiger partial charge in [0, 0.05) is 48.7 Å². The first kappa shape index (κ1) is 38.0. The van der Waals surface area contributed by atoms with Gasteiger partial charge in [-0.3, -0.25) is 9.13 Å². The largest absolute Gasteiger partial charge is 0.305 e. The second-order valence-electron chi connectivity index (χ2n) is 17.6. The Hall–Kier alpha value is -9.11. The molecule has 0 bridgehead atoms. The van der Waals surface area contributed by atoms with E-state index in [9.17, 15) is 0 Å². The predicted octanol–water partition coefficient (Wildman–Crippen LogP) is 15.7. The highest BCUT2D eigenvalue weighted by atomic mass is 32.1. The fraction of sp³-hybridized carbons (Fsp3) is 0. The van der Waals surface area contributed by atoms with Crippen LogP contribution >= 0.6 is 11.3 Å². The number of aromatic nitrogens is 7. The average Bonchev–Trinajstić information content (AvgIpc) is 4.25. The van der Waals surface area contributed by atoms with Gasteiger partial charge in [0.15, 0.2) is 16.6 Å². The molecular formula is C61H37N7S. The van der Waals surface area contributed by atoms with Gasteiger partial charge in [0.25, 0.3) is 0 Å². The molecule has 0 saturated heterocycles. The van der Waals surface area contributed by atoms with Crippen LogP contribution in [0.15, 0.2) is 224 Å². The molecule has 8 heteroatoms.